The SMILES string of the molecule is O=C(NCc1cncnc1)c1cc(Cl)cc(CS(=O)(=O)c2cc(Br)ccc2O)c1O. The fourth-order valence-corrected chi connectivity index (χ4v) is 4.89. The summed E-state index contributed by atoms with van der Waals surface area (Å²) in [6.45, 7) is 0.102. The highest BCUT2D eigenvalue weighted by Gasteiger charge is 2.24. The molecule has 1 aromatic heterocycles. The summed E-state index contributed by atoms with van der Waals surface area (Å²) in [5.74, 6) is -2.26. The first-order valence-electron chi connectivity index (χ1n) is 8.42. The van der Waals surface area contributed by atoms with E-state index < -0.39 is 33.0 Å². The van der Waals surface area contributed by atoms with Crippen molar-refractivity contribution in [2.45, 2.75) is 17.2 Å². The van der Waals surface area contributed by atoms with E-state index in [1.807, 2.05) is 0 Å². The summed E-state index contributed by atoms with van der Waals surface area (Å²) in [6.07, 6.45) is 4.39. The van der Waals surface area contributed by atoms with Gasteiger partial charge in [-0.25, -0.2) is 18.4 Å². The molecule has 0 saturated carbocycles. The Hall–Kier alpha value is -2.69. The number of aromatic hydroxyl groups is 2. The third-order valence-electron chi connectivity index (χ3n) is 4.07. The minimum atomic E-state index is -4.05. The molecule has 0 spiro atoms. The lowest BCUT2D eigenvalue weighted by molar-refractivity contribution is 0.0948. The van der Waals surface area contributed by atoms with Gasteiger partial charge in [0.1, 0.15) is 22.7 Å². The van der Waals surface area contributed by atoms with E-state index in [4.69, 9.17) is 11.6 Å². The van der Waals surface area contributed by atoms with E-state index in [1.54, 1.807) is 0 Å². The molecule has 11 heteroatoms. The van der Waals surface area contributed by atoms with Crippen LogP contribution in [0.4, 0.5) is 0 Å². The summed E-state index contributed by atoms with van der Waals surface area (Å²) in [6, 6.07) is 6.47. The Kier molecular flexibility index (Phi) is 6.59. The lowest BCUT2D eigenvalue weighted by atomic mass is 10.1. The van der Waals surface area contributed by atoms with Gasteiger partial charge in [0.05, 0.1) is 11.3 Å². The number of phenols is 2. The minimum absolute atomic E-state index is 0.0738. The molecule has 0 saturated heterocycles. The number of carbonyl (C=O) groups is 1. The predicted molar refractivity (Wildman–Crippen MR) is 113 cm³/mol. The zero-order valence-corrected chi connectivity index (χ0v) is 18.4. The Balaban J connectivity index is 1.89. The number of rotatable bonds is 6. The number of carbonyl (C=O) groups excluding carboxylic acids is 1. The maximum absolute atomic E-state index is 12.8. The number of sulfone groups is 1. The lowest BCUT2D eigenvalue weighted by Gasteiger charge is -2.13. The quantitative estimate of drug-likeness (QED) is 0.462. The van der Waals surface area contributed by atoms with Gasteiger partial charge < -0.3 is 15.5 Å². The second-order valence-corrected chi connectivity index (χ2v) is 9.57. The van der Waals surface area contributed by atoms with Crippen LogP contribution in [0.15, 0.2) is 58.4 Å². The van der Waals surface area contributed by atoms with E-state index >= 15 is 0 Å². The van der Waals surface area contributed by atoms with Crippen molar-refractivity contribution in [3.05, 3.63) is 75.2 Å². The third kappa shape index (κ3) is 5.07. The molecule has 0 bridgehead atoms. The second-order valence-electron chi connectivity index (χ2n) is 6.26. The maximum atomic E-state index is 12.8. The van der Waals surface area contributed by atoms with Crippen molar-refractivity contribution in [3.8, 4) is 11.5 Å². The fraction of sp³-hybridized carbons (Fsp3) is 0.105. The number of amides is 1. The molecule has 1 amide bonds. The molecule has 30 heavy (non-hydrogen) atoms. The van der Waals surface area contributed by atoms with Gasteiger partial charge in [-0.2, -0.15) is 0 Å². The van der Waals surface area contributed by atoms with Crippen LogP contribution in [0.3, 0.4) is 0 Å². The van der Waals surface area contributed by atoms with Crippen molar-refractivity contribution in [2.24, 2.45) is 0 Å². The van der Waals surface area contributed by atoms with Gasteiger partial charge in [-0.1, -0.05) is 27.5 Å². The normalized spacial score (nSPS) is 11.3. The van der Waals surface area contributed by atoms with E-state index in [9.17, 15) is 23.4 Å². The highest BCUT2D eigenvalue weighted by atomic mass is 79.9. The van der Waals surface area contributed by atoms with Crippen LogP contribution in [0.2, 0.25) is 5.02 Å². The molecule has 0 aliphatic carbocycles. The molecule has 3 aromatic rings. The molecule has 1 heterocycles. The molecule has 3 N–H and O–H groups in total. The first-order valence-corrected chi connectivity index (χ1v) is 11.2. The maximum Gasteiger partial charge on any atom is 0.255 e. The van der Waals surface area contributed by atoms with Crippen molar-refractivity contribution in [2.75, 3.05) is 0 Å². The molecular weight excluding hydrogens is 498 g/mol. The number of benzene rings is 2. The van der Waals surface area contributed by atoms with Gasteiger partial charge in [-0.05, 0) is 30.3 Å². The number of hydrogen-bond donors (Lipinski definition) is 3. The highest BCUT2D eigenvalue weighted by Crippen LogP contribution is 2.33. The molecule has 3 rings (SSSR count). The minimum Gasteiger partial charge on any atom is -0.507 e. The van der Waals surface area contributed by atoms with E-state index in [1.165, 1.54) is 49.1 Å². The van der Waals surface area contributed by atoms with Crippen molar-refractivity contribution >= 4 is 43.3 Å². The van der Waals surface area contributed by atoms with Crippen LogP contribution in [0.1, 0.15) is 21.5 Å². The number of nitrogens with zero attached hydrogens (tertiary/aromatic N) is 2. The zero-order chi connectivity index (χ0) is 21.9. The van der Waals surface area contributed by atoms with Crippen molar-refractivity contribution in [3.63, 3.8) is 0 Å². The number of nitrogens with one attached hydrogen (secondary N) is 1. The van der Waals surface area contributed by atoms with Crippen molar-refractivity contribution < 1.29 is 23.4 Å². The topological polar surface area (TPSA) is 129 Å². The summed E-state index contributed by atoms with van der Waals surface area (Å²) >= 11 is 9.21. The van der Waals surface area contributed by atoms with Crippen LogP contribution >= 0.6 is 27.5 Å². The molecule has 0 radical (unpaired) electrons. The molecule has 0 aliphatic rings. The van der Waals surface area contributed by atoms with Crippen LogP contribution in [0.5, 0.6) is 11.5 Å². The first-order chi connectivity index (χ1) is 14.2. The molecule has 2 aromatic carbocycles. The lowest BCUT2D eigenvalue weighted by Crippen LogP contribution is -2.23. The van der Waals surface area contributed by atoms with Gasteiger partial charge in [0, 0.05) is 39.6 Å². The van der Waals surface area contributed by atoms with Gasteiger partial charge in [0.2, 0.25) is 0 Å². The summed E-state index contributed by atoms with van der Waals surface area (Å²) in [5.41, 5.74) is 0.387. The summed E-state index contributed by atoms with van der Waals surface area (Å²) in [4.78, 5) is 19.9. The molecule has 0 fully saturated rings. The van der Waals surface area contributed by atoms with Crippen LogP contribution in [0.25, 0.3) is 0 Å². The number of hydrogen-bond acceptors (Lipinski definition) is 7. The summed E-state index contributed by atoms with van der Waals surface area (Å²) < 4.78 is 26.0. The van der Waals surface area contributed by atoms with Crippen LogP contribution in [-0.4, -0.2) is 34.5 Å². The molecular formula is C19H15BrClN3O5S. The van der Waals surface area contributed by atoms with Crippen LogP contribution < -0.4 is 5.32 Å². The average Bonchev–Trinajstić information content (AvgIpc) is 2.71. The standard InChI is InChI=1S/C19H15BrClN3O5S/c20-13-1-2-16(25)17(4-13)30(28,29)9-12-3-14(21)5-15(18(12)26)19(27)24-8-11-6-22-10-23-7-11/h1-7,10,25-26H,8-9H2,(H,24,27). The largest absolute Gasteiger partial charge is 0.507 e. The number of halogens is 2. The van der Waals surface area contributed by atoms with Crippen molar-refractivity contribution in [1.82, 2.24) is 15.3 Å². The van der Waals surface area contributed by atoms with E-state index in [-0.39, 0.29) is 27.6 Å². The van der Waals surface area contributed by atoms with Gasteiger partial charge in [-0.3, -0.25) is 4.79 Å². The number of phenolic OH excluding ortho intramolecular Hbond substituents is 2. The smallest absolute Gasteiger partial charge is 0.255 e. The molecule has 0 atom stereocenters. The highest BCUT2D eigenvalue weighted by molar-refractivity contribution is 9.10. The summed E-state index contributed by atoms with van der Waals surface area (Å²) in [7, 11) is -4.05. The van der Waals surface area contributed by atoms with E-state index in [0.717, 1.165) is 0 Å². The second kappa shape index (κ2) is 8.99. The fourth-order valence-electron chi connectivity index (χ4n) is 2.66. The Bertz CT molecular complexity index is 1210. The zero-order valence-electron chi connectivity index (χ0n) is 15.2. The molecule has 0 aliphatic heterocycles. The average molecular weight is 513 g/mol. The van der Waals surface area contributed by atoms with Crippen LogP contribution in [0, 0.1) is 0 Å². The van der Waals surface area contributed by atoms with Gasteiger partial charge in [0.15, 0.2) is 9.84 Å². The van der Waals surface area contributed by atoms with Gasteiger partial charge >= 0.3 is 0 Å². The predicted octanol–water partition coefficient (Wildman–Crippen LogP) is 3.21. The Labute approximate surface area is 185 Å². The molecule has 0 unspecified atom stereocenters. The van der Waals surface area contributed by atoms with Crippen molar-refractivity contribution in [1.29, 1.82) is 0 Å². The molecule has 156 valence electrons. The van der Waals surface area contributed by atoms with Crippen LogP contribution in [-0.2, 0) is 22.1 Å². The van der Waals surface area contributed by atoms with Gasteiger partial charge in [-0.15, -0.1) is 0 Å². The Morgan fingerprint density at radius 3 is 2.53 bits per heavy atom. The van der Waals surface area contributed by atoms with E-state index in [2.05, 4.69) is 31.2 Å². The number of aromatic nitrogens is 2. The molecule has 8 nitrogen and oxygen atoms in total. The Morgan fingerprint density at radius 1 is 1.13 bits per heavy atom. The van der Waals surface area contributed by atoms with Gasteiger partial charge in [0.25, 0.3) is 5.91 Å². The first kappa shape index (κ1) is 22.0. The Morgan fingerprint density at radius 2 is 1.83 bits per heavy atom. The summed E-state index contributed by atoms with van der Waals surface area (Å²) in [5, 5.41) is 23.1. The monoisotopic (exact) mass is 511 g/mol. The van der Waals surface area contributed by atoms with E-state index in [0.29, 0.717) is 10.0 Å². The third-order valence-corrected chi connectivity index (χ3v) is 6.47.